The van der Waals surface area contributed by atoms with Gasteiger partial charge in [0.1, 0.15) is 0 Å². The molecule has 1 rings (SSSR count). The van der Waals surface area contributed by atoms with Crippen molar-refractivity contribution >= 4 is 17.6 Å². The van der Waals surface area contributed by atoms with Crippen LogP contribution < -0.4 is 5.32 Å². The molecule has 0 spiro atoms. The molecule has 0 bridgehead atoms. The SMILES string of the molecule is CCO[Si](OCC)(OCC)C(CC)N(C(CC)N1C=CNC1)C(CC)[Si](OCC)(OCC)OCC. The highest BCUT2D eigenvalue weighted by molar-refractivity contribution is 6.64. The van der Waals surface area contributed by atoms with Gasteiger partial charge in [-0.2, -0.15) is 0 Å². The number of nitrogens with zero attached hydrogens (tertiary/aromatic N) is 2. The summed E-state index contributed by atoms with van der Waals surface area (Å²) in [6.45, 7) is 22.6. The molecule has 0 amide bonds. The second-order valence-electron chi connectivity index (χ2n) is 8.18. The third kappa shape index (κ3) is 7.99. The fourth-order valence-electron chi connectivity index (χ4n) is 5.13. The maximum atomic E-state index is 6.48. The van der Waals surface area contributed by atoms with Crippen molar-refractivity contribution in [2.45, 2.75) is 99.1 Å². The van der Waals surface area contributed by atoms with Crippen molar-refractivity contribution in [3.8, 4) is 0 Å². The third-order valence-corrected chi connectivity index (χ3v) is 13.3. The molecule has 0 aromatic carbocycles. The van der Waals surface area contributed by atoms with Crippen molar-refractivity contribution in [3.05, 3.63) is 12.4 Å². The first-order valence-electron chi connectivity index (χ1n) is 13.7. The van der Waals surface area contributed by atoms with Gasteiger partial charge >= 0.3 is 17.6 Å². The molecule has 11 heteroatoms. The van der Waals surface area contributed by atoms with E-state index >= 15 is 0 Å². The lowest BCUT2D eigenvalue weighted by Crippen LogP contribution is -2.74. The van der Waals surface area contributed by atoms with Gasteiger partial charge in [0.05, 0.1) is 24.2 Å². The van der Waals surface area contributed by atoms with E-state index in [2.05, 4.69) is 42.1 Å². The molecule has 208 valence electrons. The van der Waals surface area contributed by atoms with Crippen molar-refractivity contribution in [1.82, 2.24) is 15.1 Å². The molecule has 0 saturated heterocycles. The van der Waals surface area contributed by atoms with Gasteiger partial charge in [-0.05, 0) is 60.8 Å². The van der Waals surface area contributed by atoms with Gasteiger partial charge in [0.25, 0.3) is 0 Å². The monoisotopic (exact) mass is 535 g/mol. The first-order chi connectivity index (χ1) is 16.9. The van der Waals surface area contributed by atoms with E-state index in [-0.39, 0.29) is 17.5 Å². The zero-order chi connectivity index (χ0) is 26.3. The maximum absolute atomic E-state index is 6.48. The van der Waals surface area contributed by atoms with Crippen LogP contribution in [0.5, 0.6) is 0 Å². The number of hydrogen-bond donors (Lipinski definition) is 1. The molecule has 35 heavy (non-hydrogen) atoms. The van der Waals surface area contributed by atoms with Gasteiger partial charge in [0.15, 0.2) is 0 Å². The van der Waals surface area contributed by atoms with Crippen LogP contribution in [0.25, 0.3) is 0 Å². The van der Waals surface area contributed by atoms with Crippen LogP contribution in [-0.4, -0.2) is 91.2 Å². The Morgan fingerprint density at radius 2 is 1.03 bits per heavy atom. The molecule has 0 radical (unpaired) electrons. The van der Waals surface area contributed by atoms with Crippen molar-refractivity contribution in [2.24, 2.45) is 0 Å². The smallest absolute Gasteiger partial charge is 0.373 e. The van der Waals surface area contributed by atoms with Gasteiger partial charge in [-0.25, -0.2) is 0 Å². The van der Waals surface area contributed by atoms with Crippen molar-refractivity contribution in [3.63, 3.8) is 0 Å². The van der Waals surface area contributed by atoms with Gasteiger partial charge in [0.2, 0.25) is 0 Å². The highest BCUT2D eigenvalue weighted by Gasteiger charge is 2.60. The molecule has 0 aromatic heterocycles. The minimum absolute atomic E-state index is 0.0534. The van der Waals surface area contributed by atoms with Gasteiger partial charge < -0.3 is 36.8 Å². The summed E-state index contributed by atoms with van der Waals surface area (Å²) in [5.41, 5.74) is -0.195. The van der Waals surface area contributed by atoms with E-state index in [0.29, 0.717) is 39.6 Å². The maximum Gasteiger partial charge on any atom is 0.519 e. The number of hydrogen-bond acceptors (Lipinski definition) is 9. The molecule has 9 nitrogen and oxygen atoms in total. The lowest BCUT2D eigenvalue weighted by atomic mass is 10.2. The van der Waals surface area contributed by atoms with Gasteiger partial charge in [-0.1, -0.05) is 20.8 Å². The van der Waals surface area contributed by atoms with Crippen LogP contribution in [0.15, 0.2) is 12.4 Å². The van der Waals surface area contributed by atoms with Crippen LogP contribution in [0.3, 0.4) is 0 Å². The van der Waals surface area contributed by atoms with Crippen molar-refractivity contribution < 1.29 is 26.6 Å². The van der Waals surface area contributed by atoms with Crippen LogP contribution in [0.4, 0.5) is 0 Å². The van der Waals surface area contributed by atoms with Gasteiger partial charge in [-0.15, -0.1) is 0 Å². The molecule has 0 aliphatic carbocycles. The normalized spacial score (nSPS) is 17.1. The Morgan fingerprint density at radius 1 is 0.657 bits per heavy atom. The predicted octanol–water partition coefficient (Wildman–Crippen LogP) is 4.09. The molecule has 3 unspecified atom stereocenters. The third-order valence-electron chi connectivity index (χ3n) is 6.13. The molecular weight excluding hydrogens is 482 g/mol. The first kappa shape index (κ1) is 32.5. The first-order valence-corrected chi connectivity index (χ1v) is 17.3. The Bertz CT molecular complexity index is 521. The summed E-state index contributed by atoms with van der Waals surface area (Å²) in [7, 11) is -6.27. The predicted molar refractivity (Wildman–Crippen MR) is 144 cm³/mol. The molecule has 0 saturated carbocycles. The summed E-state index contributed by atoms with van der Waals surface area (Å²) in [6, 6.07) is 0. The van der Waals surface area contributed by atoms with Crippen LogP contribution in [0.1, 0.15) is 81.6 Å². The van der Waals surface area contributed by atoms with Crippen LogP contribution in [0.2, 0.25) is 0 Å². The Morgan fingerprint density at radius 3 is 1.26 bits per heavy atom. The fraction of sp³-hybridized carbons (Fsp3) is 0.917. The van der Waals surface area contributed by atoms with E-state index in [0.717, 1.165) is 25.9 Å². The zero-order valence-corrected chi connectivity index (χ0v) is 25.8. The number of nitrogens with one attached hydrogen (secondary N) is 1. The standard InChI is InChI=1S/C24H53N3O6Si2/c1-10-22(26-20-19-25-21-26)27(23(11-2)34(28-13-4,29-14-5)30-15-6)24(12-3)35(31-16-7,32-17-8)33-18-9/h19-20,22-25H,10-18,21H2,1-9H3. The lowest BCUT2D eigenvalue weighted by molar-refractivity contribution is -0.0405. The highest BCUT2D eigenvalue weighted by Crippen LogP contribution is 2.34. The Labute approximate surface area is 217 Å². The molecule has 1 heterocycles. The van der Waals surface area contributed by atoms with E-state index in [9.17, 15) is 0 Å². The summed E-state index contributed by atoms with van der Waals surface area (Å²) in [6.07, 6.45) is 6.68. The Hall–Kier alpha value is -0.506. The minimum Gasteiger partial charge on any atom is -0.373 e. The summed E-state index contributed by atoms with van der Waals surface area (Å²) in [4.78, 5) is 4.86. The molecule has 1 N–H and O–H groups in total. The summed E-state index contributed by atoms with van der Waals surface area (Å²) in [5, 5.41) is 3.34. The molecule has 1 aliphatic rings. The van der Waals surface area contributed by atoms with E-state index in [4.69, 9.17) is 26.6 Å². The minimum atomic E-state index is -3.13. The second kappa shape index (κ2) is 17.1. The summed E-state index contributed by atoms with van der Waals surface area (Å²) >= 11 is 0. The van der Waals surface area contributed by atoms with Crippen LogP contribution >= 0.6 is 0 Å². The lowest BCUT2D eigenvalue weighted by Gasteiger charge is -2.52. The van der Waals surface area contributed by atoms with E-state index < -0.39 is 17.6 Å². The quantitative estimate of drug-likeness (QED) is 0.219. The van der Waals surface area contributed by atoms with E-state index in [1.165, 1.54) is 0 Å². The summed E-state index contributed by atoms with van der Waals surface area (Å²) in [5.74, 6) is 0. The fourth-order valence-corrected chi connectivity index (χ4v) is 11.8. The van der Waals surface area contributed by atoms with E-state index in [1.807, 2.05) is 47.7 Å². The highest BCUT2D eigenvalue weighted by atomic mass is 28.4. The van der Waals surface area contributed by atoms with Gasteiger partial charge in [-0.3, -0.25) is 4.90 Å². The van der Waals surface area contributed by atoms with Crippen molar-refractivity contribution in [1.29, 1.82) is 0 Å². The molecule has 1 aliphatic heterocycles. The molecule has 0 aromatic rings. The van der Waals surface area contributed by atoms with Crippen LogP contribution in [-0.2, 0) is 26.6 Å². The molecule has 3 atom stereocenters. The largest absolute Gasteiger partial charge is 0.519 e. The average molecular weight is 536 g/mol. The van der Waals surface area contributed by atoms with Crippen LogP contribution in [0, 0.1) is 0 Å². The van der Waals surface area contributed by atoms with Crippen molar-refractivity contribution in [2.75, 3.05) is 46.3 Å². The number of rotatable bonds is 21. The Balaban J connectivity index is 3.84. The zero-order valence-electron chi connectivity index (χ0n) is 23.8. The topological polar surface area (TPSA) is 73.9 Å². The second-order valence-corrected chi connectivity index (χ2v) is 13.7. The van der Waals surface area contributed by atoms with Gasteiger partial charge in [0, 0.05) is 52.0 Å². The molecular formula is C24H53N3O6Si2. The summed E-state index contributed by atoms with van der Waals surface area (Å²) < 4.78 is 38.9. The molecule has 0 fully saturated rings. The average Bonchev–Trinajstić information content (AvgIpc) is 3.36. The Kier molecular flexibility index (Phi) is 15.9. The van der Waals surface area contributed by atoms with E-state index in [1.54, 1.807) is 0 Å².